The molecule has 1 aliphatic heterocycles. The zero-order valence-electron chi connectivity index (χ0n) is 16.6. The first-order valence-corrected chi connectivity index (χ1v) is 10.1. The molecule has 0 spiro atoms. The van der Waals surface area contributed by atoms with E-state index in [4.69, 9.17) is 0 Å². The van der Waals surface area contributed by atoms with Crippen LogP contribution in [0.25, 0.3) is 11.1 Å². The van der Waals surface area contributed by atoms with E-state index in [1.165, 1.54) is 18.6 Å². The van der Waals surface area contributed by atoms with Gasteiger partial charge < -0.3 is 10.2 Å². The summed E-state index contributed by atoms with van der Waals surface area (Å²) in [6, 6.07) is 21.2. The number of rotatable bonds is 4. The number of anilines is 2. The SMILES string of the molecule is N#Cc1cc(F)c(-c2ccccc2)cc1NC(=O)c1cccc(N2CCCCC2)c1. The third-order valence-electron chi connectivity index (χ3n) is 5.39. The highest BCUT2D eigenvalue weighted by atomic mass is 19.1. The normalized spacial score (nSPS) is 13.5. The van der Waals surface area contributed by atoms with E-state index in [9.17, 15) is 14.4 Å². The summed E-state index contributed by atoms with van der Waals surface area (Å²) in [4.78, 5) is 15.2. The summed E-state index contributed by atoms with van der Waals surface area (Å²) in [6.07, 6.45) is 3.54. The number of nitrogens with zero attached hydrogens (tertiary/aromatic N) is 2. The van der Waals surface area contributed by atoms with Crippen molar-refractivity contribution in [2.45, 2.75) is 19.3 Å². The first-order chi connectivity index (χ1) is 14.7. The maximum atomic E-state index is 14.6. The molecule has 1 saturated heterocycles. The van der Waals surface area contributed by atoms with Crippen molar-refractivity contribution in [1.29, 1.82) is 5.26 Å². The molecule has 5 heteroatoms. The van der Waals surface area contributed by atoms with Crippen LogP contribution in [0.2, 0.25) is 0 Å². The first-order valence-electron chi connectivity index (χ1n) is 10.1. The zero-order valence-corrected chi connectivity index (χ0v) is 16.6. The lowest BCUT2D eigenvalue weighted by Gasteiger charge is -2.29. The quantitative estimate of drug-likeness (QED) is 0.621. The number of halogens is 1. The van der Waals surface area contributed by atoms with E-state index in [1.54, 1.807) is 18.2 Å². The predicted octanol–water partition coefficient (Wildman–Crippen LogP) is 5.61. The topological polar surface area (TPSA) is 56.1 Å². The van der Waals surface area contributed by atoms with Crippen molar-refractivity contribution < 1.29 is 9.18 Å². The van der Waals surface area contributed by atoms with Crippen LogP contribution < -0.4 is 10.2 Å². The number of nitrogens with one attached hydrogen (secondary N) is 1. The van der Waals surface area contributed by atoms with E-state index in [1.807, 2.05) is 42.5 Å². The highest BCUT2D eigenvalue weighted by Crippen LogP contribution is 2.29. The van der Waals surface area contributed by atoms with Crippen LogP contribution in [0.1, 0.15) is 35.2 Å². The number of carbonyl (C=O) groups is 1. The summed E-state index contributed by atoms with van der Waals surface area (Å²) in [7, 11) is 0. The van der Waals surface area contributed by atoms with E-state index in [-0.39, 0.29) is 11.5 Å². The molecule has 1 amide bonds. The van der Waals surface area contributed by atoms with Gasteiger partial charge in [-0.2, -0.15) is 5.26 Å². The van der Waals surface area contributed by atoms with Gasteiger partial charge in [0.05, 0.1) is 11.3 Å². The van der Waals surface area contributed by atoms with Gasteiger partial charge in [-0.25, -0.2) is 4.39 Å². The molecule has 0 radical (unpaired) electrons. The molecule has 30 heavy (non-hydrogen) atoms. The Balaban J connectivity index is 1.62. The molecule has 1 N–H and O–H groups in total. The summed E-state index contributed by atoms with van der Waals surface area (Å²) in [5.41, 5.74) is 2.94. The Kier molecular flexibility index (Phi) is 5.76. The van der Waals surface area contributed by atoms with Gasteiger partial charge >= 0.3 is 0 Å². The van der Waals surface area contributed by atoms with Crippen molar-refractivity contribution in [2.24, 2.45) is 0 Å². The van der Waals surface area contributed by atoms with Crippen LogP contribution in [0.3, 0.4) is 0 Å². The van der Waals surface area contributed by atoms with E-state index in [2.05, 4.69) is 10.2 Å². The predicted molar refractivity (Wildman–Crippen MR) is 117 cm³/mol. The molecule has 1 aliphatic rings. The van der Waals surface area contributed by atoms with Crippen molar-refractivity contribution in [2.75, 3.05) is 23.3 Å². The smallest absolute Gasteiger partial charge is 0.255 e. The summed E-state index contributed by atoms with van der Waals surface area (Å²) in [6.45, 7) is 1.98. The Morgan fingerprint density at radius 3 is 2.47 bits per heavy atom. The van der Waals surface area contributed by atoms with Crippen molar-refractivity contribution in [3.63, 3.8) is 0 Å². The lowest BCUT2D eigenvalue weighted by molar-refractivity contribution is 0.102. The van der Waals surface area contributed by atoms with Crippen LogP contribution in [0.15, 0.2) is 66.7 Å². The number of carbonyl (C=O) groups excluding carboxylic acids is 1. The second-order valence-electron chi connectivity index (χ2n) is 7.41. The Hall–Kier alpha value is -3.65. The molecule has 150 valence electrons. The minimum Gasteiger partial charge on any atom is -0.372 e. The average Bonchev–Trinajstić information content (AvgIpc) is 2.81. The summed E-state index contributed by atoms with van der Waals surface area (Å²) in [5, 5.41) is 12.2. The second-order valence-corrected chi connectivity index (χ2v) is 7.41. The molecule has 4 rings (SSSR count). The minimum absolute atomic E-state index is 0.0905. The molecule has 0 saturated carbocycles. The third-order valence-corrected chi connectivity index (χ3v) is 5.39. The largest absolute Gasteiger partial charge is 0.372 e. The van der Waals surface area contributed by atoms with Crippen LogP contribution in [0, 0.1) is 17.1 Å². The lowest BCUT2D eigenvalue weighted by atomic mass is 10.0. The van der Waals surface area contributed by atoms with Gasteiger partial charge in [0.1, 0.15) is 11.9 Å². The molecule has 3 aromatic rings. The monoisotopic (exact) mass is 399 g/mol. The number of hydrogen-bond acceptors (Lipinski definition) is 3. The number of benzene rings is 3. The van der Waals surface area contributed by atoms with Crippen molar-refractivity contribution >= 4 is 17.3 Å². The summed E-state index contributed by atoms with van der Waals surface area (Å²) >= 11 is 0. The molecule has 1 fully saturated rings. The maximum absolute atomic E-state index is 14.6. The average molecular weight is 399 g/mol. The standard InChI is InChI=1S/C25H22FN3O/c26-23-15-20(17-27)24(16-22(23)18-8-3-1-4-9-18)28-25(30)19-10-7-11-21(14-19)29-12-5-2-6-13-29/h1,3-4,7-11,14-16H,2,5-6,12-13H2,(H,28,30). The van der Waals surface area contributed by atoms with Crippen molar-refractivity contribution in [3.05, 3.63) is 83.7 Å². The molecule has 0 atom stereocenters. The molecule has 0 unspecified atom stereocenters. The Bertz CT molecular complexity index is 1100. The van der Waals surface area contributed by atoms with Gasteiger partial charge in [0.2, 0.25) is 0 Å². The Morgan fingerprint density at radius 1 is 0.967 bits per heavy atom. The summed E-state index contributed by atoms with van der Waals surface area (Å²) in [5.74, 6) is -0.821. The van der Waals surface area contributed by atoms with Gasteiger partial charge in [-0.1, -0.05) is 36.4 Å². The fraction of sp³-hybridized carbons (Fsp3) is 0.200. The Labute approximate surface area is 175 Å². The minimum atomic E-state index is -0.497. The van der Waals surface area contributed by atoms with E-state index < -0.39 is 5.82 Å². The van der Waals surface area contributed by atoms with Gasteiger partial charge in [-0.15, -0.1) is 0 Å². The third kappa shape index (κ3) is 4.18. The number of piperidine rings is 1. The van der Waals surface area contributed by atoms with Gasteiger partial charge in [0.25, 0.3) is 5.91 Å². The Morgan fingerprint density at radius 2 is 1.73 bits per heavy atom. The van der Waals surface area contributed by atoms with Gasteiger partial charge in [-0.3, -0.25) is 4.79 Å². The molecule has 0 bridgehead atoms. The van der Waals surface area contributed by atoms with Crippen molar-refractivity contribution in [1.82, 2.24) is 0 Å². The molecule has 1 heterocycles. The van der Waals surface area contributed by atoms with Crippen molar-refractivity contribution in [3.8, 4) is 17.2 Å². The number of hydrogen-bond donors (Lipinski definition) is 1. The lowest BCUT2D eigenvalue weighted by Crippen LogP contribution is -2.29. The van der Waals surface area contributed by atoms with Crippen LogP contribution >= 0.6 is 0 Å². The number of nitriles is 1. The van der Waals surface area contributed by atoms with Gasteiger partial charge in [0, 0.05) is 29.9 Å². The van der Waals surface area contributed by atoms with E-state index in [0.717, 1.165) is 31.6 Å². The van der Waals surface area contributed by atoms with E-state index in [0.29, 0.717) is 22.4 Å². The highest BCUT2D eigenvalue weighted by molar-refractivity contribution is 6.05. The fourth-order valence-corrected chi connectivity index (χ4v) is 3.80. The maximum Gasteiger partial charge on any atom is 0.255 e. The molecule has 0 aromatic heterocycles. The molecule has 3 aromatic carbocycles. The molecule has 0 aliphatic carbocycles. The van der Waals surface area contributed by atoms with Gasteiger partial charge in [0.15, 0.2) is 0 Å². The first kappa shape index (κ1) is 19.7. The second kappa shape index (κ2) is 8.79. The highest BCUT2D eigenvalue weighted by Gasteiger charge is 2.16. The summed E-state index contributed by atoms with van der Waals surface area (Å²) < 4.78 is 14.6. The zero-order chi connectivity index (χ0) is 20.9. The van der Waals surface area contributed by atoms with E-state index >= 15 is 0 Å². The van der Waals surface area contributed by atoms with Crippen LogP contribution in [-0.4, -0.2) is 19.0 Å². The van der Waals surface area contributed by atoms with Crippen LogP contribution in [0.5, 0.6) is 0 Å². The molecular weight excluding hydrogens is 377 g/mol. The number of amides is 1. The van der Waals surface area contributed by atoms with Crippen LogP contribution in [0.4, 0.5) is 15.8 Å². The molecular formula is C25H22FN3O. The van der Waals surface area contributed by atoms with Gasteiger partial charge in [-0.05, 0) is 55.2 Å². The fourth-order valence-electron chi connectivity index (χ4n) is 3.80. The molecule has 4 nitrogen and oxygen atoms in total. The van der Waals surface area contributed by atoms with Crippen LogP contribution in [-0.2, 0) is 0 Å².